The summed E-state index contributed by atoms with van der Waals surface area (Å²) >= 11 is 7.24. The molecule has 0 saturated carbocycles. The largest absolute Gasteiger partial charge is 0.497 e. The molecule has 3 aromatic carbocycles. The Labute approximate surface area is 213 Å². The molecule has 7 nitrogen and oxygen atoms in total. The number of rotatable bonds is 10. The van der Waals surface area contributed by atoms with Gasteiger partial charge in [0, 0.05) is 23.3 Å². The maximum atomic E-state index is 12.5. The number of benzene rings is 3. The average molecular weight is 509 g/mol. The van der Waals surface area contributed by atoms with Gasteiger partial charge in [0.2, 0.25) is 5.91 Å². The van der Waals surface area contributed by atoms with Crippen molar-refractivity contribution in [3.8, 4) is 17.2 Å². The zero-order chi connectivity index (χ0) is 24.6. The van der Waals surface area contributed by atoms with Crippen LogP contribution in [-0.4, -0.2) is 33.5 Å². The van der Waals surface area contributed by atoms with Gasteiger partial charge in [0.15, 0.2) is 17.1 Å². The standard InChI is InChI=1S/C26H25ClN4O3S/c1-18(34-23-10-6-9-22(15-23)33-2)25-29-30-26(31(25)21-7-4-3-5-8-21)35-17-24(32)28-16-19-11-13-20(27)14-12-19/h3-15,18H,16-17H2,1-2H3,(H,28,32). The van der Waals surface area contributed by atoms with E-state index in [2.05, 4.69) is 15.5 Å². The monoisotopic (exact) mass is 508 g/mol. The fourth-order valence-corrected chi connectivity index (χ4v) is 4.29. The Hall–Kier alpha value is -3.49. The van der Waals surface area contributed by atoms with Crippen molar-refractivity contribution in [3.63, 3.8) is 0 Å². The molecule has 1 atom stereocenters. The second kappa shape index (κ2) is 11.8. The Balaban J connectivity index is 1.48. The number of halogens is 1. The van der Waals surface area contributed by atoms with Gasteiger partial charge in [-0.25, -0.2) is 0 Å². The Morgan fingerprint density at radius 1 is 1.03 bits per heavy atom. The number of carbonyl (C=O) groups excluding carboxylic acids is 1. The van der Waals surface area contributed by atoms with Crippen molar-refractivity contribution in [2.75, 3.05) is 12.9 Å². The van der Waals surface area contributed by atoms with Crippen LogP contribution in [0, 0.1) is 0 Å². The molecule has 35 heavy (non-hydrogen) atoms. The summed E-state index contributed by atoms with van der Waals surface area (Å²) in [5.41, 5.74) is 1.86. The lowest BCUT2D eigenvalue weighted by Gasteiger charge is -2.17. The molecule has 0 radical (unpaired) electrons. The molecule has 1 aromatic heterocycles. The molecule has 0 aliphatic heterocycles. The third-order valence-electron chi connectivity index (χ3n) is 5.13. The van der Waals surface area contributed by atoms with Gasteiger partial charge >= 0.3 is 0 Å². The van der Waals surface area contributed by atoms with Gasteiger partial charge in [0.05, 0.1) is 12.9 Å². The molecule has 0 aliphatic rings. The summed E-state index contributed by atoms with van der Waals surface area (Å²) in [6, 6.07) is 24.6. The maximum Gasteiger partial charge on any atom is 0.230 e. The number of methoxy groups -OCH3 is 1. The van der Waals surface area contributed by atoms with Crippen LogP contribution < -0.4 is 14.8 Å². The van der Waals surface area contributed by atoms with Gasteiger partial charge < -0.3 is 14.8 Å². The zero-order valence-electron chi connectivity index (χ0n) is 19.3. The van der Waals surface area contributed by atoms with Crippen molar-refractivity contribution in [3.05, 3.63) is 95.3 Å². The predicted octanol–water partition coefficient (Wildman–Crippen LogP) is 5.48. The quantitative estimate of drug-likeness (QED) is 0.286. The molecular weight excluding hydrogens is 484 g/mol. The zero-order valence-corrected chi connectivity index (χ0v) is 20.9. The number of thioether (sulfide) groups is 1. The van der Waals surface area contributed by atoms with Gasteiger partial charge in [0.25, 0.3) is 0 Å². The lowest BCUT2D eigenvalue weighted by Crippen LogP contribution is -2.24. The number of aromatic nitrogens is 3. The minimum Gasteiger partial charge on any atom is -0.497 e. The van der Waals surface area contributed by atoms with E-state index in [4.69, 9.17) is 21.1 Å². The number of amides is 1. The van der Waals surface area contributed by atoms with E-state index in [0.717, 1.165) is 11.3 Å². The molecule has 1 N–H and O–H groups in total. The Morgan fingerprint density at radius 3 is 2.51 bits per heavy atom. The number of nitrogens with zero attached hydrogens (tertiary/aromatic N) is 3. The fraction of sp³-hybridized carbons (Fsp3) is 0.192. The minimum atomic E-state index is -0.400. The molecular formula is C26H25ClN4O3S. The van der Waals surface area contributed by atoms with Gasteiger partial charge in [-0.3, -0.25) is 9.36 Å². The van der Waals surface area contributed by atoms with E-state index in [1.54, 1.807) is 19.2 Å². The van der Waals surface area contributed by atoms with Gasteiger partial charge in [-0.1, -0.05) is 59.8 Å². The molecule has 180 valence electrons. The molecule has 0 saturated heterocycles. The summed E-state index contributed by atoms with van der Waals surface area (Å²) in [6.07, 6.45) is -0.400. The highest BCUT2D eigenvalue weighted by Gasteiger charge is 2.21. The normalized spacial score (nSPS) is 11.6. The van der Waals surface area contributed by atoms with Crippen LogP contribution in [-0.2, 0) is 11.3 Å². The van der Waals surface area contributed by atoms with Crippen molar-refractivity contribution < 1.29 is 14.3 Å². The highest BCUT2D eigenvalue weighted by atomic mass is 35.5. The molecule has 4 rings (SSSR count). The molecule has 4 aromatic rings. The van der Waals surface area contributed by atoms with Crippen LogP contribution in [0.15, 0.2) is 84.0 Å². The number of hydrogen-bond acceptors (Lipinski definition) is 6. The van der Waals surface area contributed by atoms with E-state index in [0.29, 0.717) is 34.0 Å². The van der Waals surface area contributed by atoms with E-state index in [1.165, 1.54) is 11.8 Å². The number of hydrogen-bond donors (Lipinski definition) is 1. The molecule has 0 aliphatic carbocycles. The summed E-state index contributed by atoms with van der Waals surface area (Å²) in [4.78, 5) is 12.5. The lowest BCUT2D eigenvalue weighted by molar-refractivity contribution is -0.118. The van der Waals surface area contributed by atoms with Crippen LogP contribution >= 0.6 is 23.4 Å². The van der Waals surface area contributed by atoms with Crippen LogP contribution in [0.2, 0.25) is 5.02 Å². The summed E-state index contributed by atoms with van der Waals surface area (Å²) in [7, 11) is 1.61. The first-order valence-corrected chi connectivity index (χ1v) is 12.3. The summed E-state index contributed by atoms with van der Waals surface area (Å²) in [5, 5.41) is 13.0. The highest BCUT2D eigenvalue weighted by molar-refractivity contribution is 7.99. The Kier molecular flexibility index (Phi) is 8.28. The van der Waals surface area contributed by atoms with Gasteiger partial charge in [0.1, 0.15) is 11.5 Å². The van der Waals surface area contributed by atoms with Crippen molar-refractivity contribution in [2.45, 2.75) is 24.7 Å². The van der Waals surface area contributed by atoms with Crippen LogP contribution in [0.3, 0.4) is 0 Å². The topological polar surface area (TPSA) is 78.3 Å². The molecule has 1 amide bonds. The first kappa shape index (κ1) is 24.6. The molecule has 9 heteroatoms. The first-order chi connectivity index (χ1) is 17.0. The highest BCUT2D eigenvalue weighted by Crippen LogP contribution is 2.29. The maximum absolute atomic E-state index is 12.5. The number of para-hydroxylation sites is 1. The first-order valence-electron chi connectivity index (χ1n) is 11.0. The van der Waals surface area contributed by atoms with Gasteiger partial charge in [-0.15, -0.1) is 10.2 Å². The van der Waals surface area contributed by atoms with E-state index < -0.39 is 6.10 Å². The van der Waals surface area contributed by atoms with E-state index >= 15 is 0 Å². The third kappa shape index (κ3) is 6.55. The average Bonchev–Trinajstić information content (AvgIpc) is 3.32. The smallest absolute Gasteiger partial charge is 0.230 e. The van der Waals surface area contributed by atoms with Crippen LogP contribution in [0.4, 0.5) is 0 Å². The van der Waals surface area contributed by atoms with Crippen molar-refractivity contribution >= 4 is 29.3 Å². The second-order valence-electron chi connectivity index (χ2n) is 7.64. The molecule has 0 fully saturated rings. The SMILES string of the molecule is COc1cccc(OC(C)c2nnc(SCC(=O)NCc3ccc(Cl)cc3)n2-c2ccccc2)c1. The molecule has 0 bridgehead atoms. The minimum absolute atomic E-state index is 0.102. The second-order valence-corrected chi connectivity index (χ2v) is 9.02. The van der Waals surface area contributed by atoms with Crippen LogP contribution in [0.25, 0.3) is 5.69 Å². The van der Waals surface area contributed by atoms with Crippen LogP contribution in [0.5, 0.6) is 11.5 Å². The van der Waals surface area contributed by atoms with Crippen LogP contribution in [0.1, 0.15) is 24.4 Å². The molecule has 0 spiro atoms. The summed E-state index contributed by atoms with van der Waals surface area (Å²) in [5.74, 6) is 2.09. The van der Waals surface area contributed by atoms with E-state index in [-0.39, 0.29) is 11.7 Å². The lowest BCUT2D eigenvalue weighted by atomic mass is 10.2. The fourth-order valence-electron chi connectivity index (χ4n) is 3.37. The molecule has 1 unspecified atom stereocenters. The van der Waals surface area contributed by atoms with E-state index in [9.17, 15) is 4.79 Å². The number of ether oxygens (including phenoxy) is 2. The third-order valence-corrected chi connectivity index (χ3v) is 6.31. The number of nitrogens with one attached hydrogen (secondary N) is 1. The Bertz CT molecular complexity index is 1270. The molecule has 1 heterocycles. The van der Waals surface area contributed by atoms with Gasteiger partial charge in [-0.2, -0.15) is 0 Å². The number of carbonyl (C=O) groups is 1. The Morgan fingerprint density at radius 2 is 1.77 bits per heavy atom. The van der Waals surface area contributed by atoms with Crippen molar-refractivity contribution in [2.24, 2.45) is 0 Å². The predicted molar refractivity (Wildman–Crippen MR) is 137 cm³/mol. The summed E-state index contributed by atoms with van der Waals surface area (Å²) < 4.78 is 13.3. The summed E-state index contributed by atoms with van der Waals surface area (Å²) in [6.45, 7) is 2.34. The van der Waals surface area contributed by atoms with E-state index in [1.807, 2.05) is 78.2 Å². The van der Waals surface area contributed by atoms with Gasteiger partial charge in [-0.05, 0) is 48.9 Å². The van der Waals surface area contributed by atoms with Crippen molar-refractivity contribution in [1.82, 2.24) is 20.1 Å². The van der Waals surface area contributed by atoms with Crippen molar-refractivity contribution in [1.29, 1.82) is 0 Å².